The number of aromatic nitrogens is 3. The smallest absolute Gasteiger partial charge is 0.240 e. The maximum Gasteiger partial charge on any atom is 0.240 e. The fourth-order valence-electron chi connectivity index (χ4n) is 4.07. The Bertz CT molecular complexity index is 1090. The Morgan fingerprint density at radius 3 is 2.61 bits per heavy atom. The van der Waals surface area contributed by atoms with E-state index in [-0.39, 0.29) is 36.3 Å². The summed E-state index contributed by atoms with van der Waals surface area (Å²) in [5.41, 5.74) is 12.1. The molecule has 1 saturated heterocycles. The summed E-state index contributed by atoms with van der Waals surface area (Å²) in [6, 6.07) is 7.55. The van der Waals surface area contributed by atoms with Gasteiger partial charge in [0.2, 0.25) is 5.91 Å². The minimum atomic E-state index is -0.634. The van der Waals surface area contributed by atoms with E-state index in [0.29, 0.717) is 18.7 Å². The van der Waals surface area contributed by atoms with Gasteiger partial charge in [0.05, 0.1) is 34.3 Å². The Labute approximate surface area is 204 Å². The summed E-state index contributed by atoms with van der Waals surface area (Å²) >= 11 is 1.65. The first kappa shape index (κ1) is 25.4. The summed E-state index contributed by atoms with van der Waals surface area (Å²) in [5, 5.41) is 10.3. The van der Waals surface area contributed by atoms with E-state index < -0.39 is 12.1 Å². The van der Waals surface area contributed by atoms with Gasteiger partial charge in [0.25, 0.3) is 0 Å². The Hall–Kier alpha value is -2.26. The number of nitrogens with zero attached hydrogens (tertiary/aromatic N) is 3. The standard InChI is InChI=1S/C24H31N5O2S.ClH/c1-14-20(32-13-27-14)16-7-5-15(6-8-16)9-17-11-26-22(28-17)19-10-18(30)12-29(19)23(31)21(25)24(2,3)4;/h5-8,11,13,18-19,21,30H,9-10,12,25H2,1-4H3,(H,26,28);1H/t18-,19+,21?;/m1./s1. The minimum absolute atomic E-state index is 0. The lowest BCUT2D eigenvalue weighted by Crippen LogP contribution is -2.50. The number of hydrogen-bond acceptors (Lipinski definition) is 6. The van der Waals surface area contributed by atoms with Gasteiger partial charge in [-0.3, -0.25) is 4.79 Å². The molecule has 1 fully saturated rings. The van der Waals surface area contributed by atoms with Crippen molar-refractivity contribution in [2.75, 3.05) is 6.54 Å². The van der Waals surface area contributed by atoms with E-state index in [2.05, 4.69) is 39.2 Å². The summed E-state index contributed by atoms with van der Waals surface area (Å²) in [6.07, 6.45) is 2.40. The zero-order valence-corrected chi connectivity index (χ0v) is 21.0. The van der Waals surface area contributed by atoms with Gasteiger partial charge in [0, 0.05) is 31.3 Å². The average molecular weight is 490 g/mol. The number of thiazole rings is 1. The minimum Gasteiger partial charge on any atom is -0.391 e. The second-order valence-electron chi connectivity index (χ2n) is 9.67. The quantitative estimate of drug-likeness (QED) is 0.504. The first-order chi connectivity index (χ1) is 15.1. The monoisotopic (exact) mass is 489 g/mol. The molecule has 0 spiro atoms. The van der Waals surface area contributed by atoms with Gasteiger partial charge in [-0.05, 0) is 23.5 Å². The normalized spacial score (nSPS) is 19.4. The lowest BCUT2D eigenvalue weighted by atomic mass is 9.86. The number of carbonyl (C=O) groups is 1. The first-order valence-electron chi connectivity index (χ1n) is 10.9. The third-order valence-corrected chi connectivity index (χ3v) is 7.06. The molecule has 2 aromatic heterocycles. The van der Waals surface area contributed by atoms with Crippen molar-refractivity contribution >= 4 is 29.7 Å². The number of amides is 1. The number of nitrogens with two attached hydrogens (primary N) is 1. The van der Waals surface area contributed by atoms with Gasteiger partial charge in [-0.1, -0.05) is 45.0 Å². The molecule has 0 saturated carbocycles. The van der Waals surface area contributed by atoms with Gasteiger partial charge in [0.1, 0.15) is 5.82 Å². The molecule has 3 heterocycles. The lowest BCUT2D eigenvalue weighted by Gasteiger charge is -2.32. The number of imidazole rings is 1. The van der Waals surface area contributed by atoms with Crippen molar-refractivity contribution in [3.63, 3.8) is 0 Å². The highest BCUT2D eigenvalue weighted by Crippen LogP contribution is 2.33. The van der Waals surface area contributed by atoms with Crippen LogP contribution in [0.5, 0.6) is 0 Å². The molecule has 1 aliphatic rings. The Kier molecular flexibility index (Phi) is 7.63. The van der Waals surface area contributed by atoms with Crippen molar-refractivity contribution in [2.24, 2.45) is 11.1 Å². The molecule has 178 valence electrons. The van der Waals surface area contributed by atoms with E-state index >= 15 is 0 Å². The number of hydrogen-bond donors (Lipinski definition) is 3. The van der Waals surface area contributed by atoms with Crippen molar-refractivity contribution in [1.29, 1.82) is 0 Å². The number of halogens is 1. The molecule has 0 aliphatic carbocycles. The Morgan fingerprint density at radius 2 is 2.00 bits per heavy atom. The van der Waals surface area contributed by atoms with Crippen LogP contribution < -0.4 is 5.73 Å². The van der Waals surface area contributed by atoms with Gasteiger partial charge in [0.15, 0.2) is 0 Å². The van der Waals surface area contributed by atoms with Gasteiger partial charge in [-0.25, -0.2) is 9.97 Å². The number of benzene rings is 1. The molecule has 4 rings (SSSR count). The summed E-state index contributed by atoms with van der Waals surface area (Å²) in [5.74, 6) is 0.550. The number of carbonyl (C=O) groups excluding carboxylic acids is 1. The van der Waals surface area contributed by atoms with Crippen LogP contribution in [0, 0.1) is 12.3 Å². The number of aliphatic hydroxyl groups excluding tert-OH is 1. The van der Waals surface area contributed by atoms with Crippen molar-refractivity contribution in [1.82, 2.24) is 19.9 Å². The predicted molar refractivity (Wildman–Crippen MR) is 133 cm³/mol. The van der Waals surface area contributed by atoms with Crippen LogP contribution >= 0.6 is 23.7 Å². The predicted octanol–water partition coefficient (Wildman–Crippen LogP) is 3.86. The summed E-state index contributed by atoms with van der Waals surface area (Å²) in [7, 11) is 0. The molecule has 9 heteroatoms. The van der Waals surface area contributed by atoms with E-state index in [0.717, 1.165) is 11.4 Å². The van der Waals surface area contributed by atoms with Crippen LogP contribution in [-0.2, 0) is 11.2 Å². The number of aryl methyl sites for hydroxylation is 1. The molecule has 0 radical (unpaired) electrons. The van der Waals surface area contributed by atoms with E-state index in [9.17, 15) is 9.90 Å². The van der Waals surface area contributed by atoms with Crippen molar-refractivity contribution in [3.05, 3.63) is 58.7 Å². The molecular formula is C24H32ClN5O2S. The molecule has 0 bridgehead atoms. The summed E-state index contributed by atoms with van der Waals surface area (Å²) < 4.78 is 0. The SMILES string of the molecule is Cc1ncsc1-c1ccc(Cc2cnc([C@@H]3C[C@@H](O)CN3C(=O)C(N)C(C)(C)C)[nH]2)cc1.Cl. The maximum absolute atomic E-state index is 13.0. The summed E-state index contributed by atoms with van der Waals surface area (Å²) in [6.45, 7) is 8.15. The highest BCUT2D eigenvalue weighted by molar-refractivity contribution is 7.13. The van der Waals surface area contributed by atoms with Crippen LogP contribution in [-0.4, -0.2) is 49.6 Å². The van der Waals surface area contributed by atoms with E-state index in [1.54, 1.807) is 16.2 Å². The molecule has 4 N–H and O–H groups in total. The Balaban J connectivity index is 0.00000306. The van der Waals surface area contributed by atoms with E-state index in [1.165, 1.54) is 16.0 Å². The summed E-state index contributed by atoms with van der Waals surface area (Å²) in [4.78, 5) is 28.1. The number of likely N-dealkylation sites (tertiary alicyclic amines) is 1. The van der Waals surface area contributed by atoms with Crippen LogP contribution in [0.3, 0.4) is 0 Å². The number of nitrogens with one attached hydrogen (secondary N) is 1. The zero-order valence-electron chi connectivity index (χ0n) is 19.4. The van der Waals surface area contributed by atoms with Crippen LogP contribution in [0.25, 0.3) is 10.4 Å². The first-order valence-corrected chi connectivity index (χ1v) is 11.8. The lowest BCUT2D eigenvalue weighted by molar-refractivity contribution is -0.136. The highest BCUT2D eigenvalue weighted by atomic mass is 35.5. The highest BCUT2D eigenvalue weighted by Gasteiger charge is 2.41. The van der Waals surface area contributed by atoms with Gasteiger partial charge in [-0.15, -0.1) is 23.7 Å². The van der Waals surface area contributed by atoms with Crippen molar-refractivity contribution in [3.8, 4) is 10.4 Å². The second kappa shape index (κ2) is 9.93. The fourth-order valence-corrected chi connectivity index (χ4v) is 4.89. The molecule has 7 nitrogen and oxygen atoms in total. The molecule has 1 aliphatic heterocycles. The van der Waals surface area contributed by atoms with Gasteiger partial charge >= 0.3 is 0 Å². The fraction of sp³-hybridized carbons (Fsp3) is 0.458. The molecule has 1 aromatic carbocycles. The third-order valence-electron chi connectivity index (χ3n) is 6.08. The average Bonchev–Trinajstić information content (AvgIpc) is 3.47. The van der Waals surface area contributed by atoms with Crippen LogP contribution in [0.1, 0.15) is 56.0 Å². The van der Waals surface area contributed by atoms with E-state index in [1.807, 2.05) is 39.4 Å². The maximum atomic E-state index is 13.0. The number of rotatable bonds is 5. The van der Waals surface area contributed by atoms with Crippen LogP contribution in [0.2, 0.25) is 0 Å². The van der Waals surface area contributed by atoms with Crippen LogP contribution in [0.15, 0.2) is 36.0 Å². The molecule has 1 amide bonds. The van der Waals surface area contributed by atoms with Gasteiger partial charge < -0.3 is 20.7 Å². The van der Waals surface area contributed by atoms with Crippen molar-refractivity contribution in [2.45, 2.75) is 58.7 Å². The number of β-amino-alcohol motifs (C(OH)–C–C–N with tert-alkyl or cyclic N) is 1. The van der Waals surface area contributed by atoms with E-state index in [4.69, 9.17) is 5.73 Å². The largest absolute Gasteiger partial charge is 0.391 e. The zero-order chi connectivity index (χ0) is 23.0. The van der Waals surface area contributed by atoms with Crippen molar-refractivity contribution < 1.29 is 9.90 Å². The molecule has 3 atom stereocenters. The molecule has 33 heavy (non-hydrogen) atoms. The van der Waals surface area contributed by atoms with Crippen LogP contribution in [0.4, 0.5) is 0 Å². The topological polar surface area (TPSA) is 108 Å². The number of H-pyrrole nitrogens is 1. The number of aromatic amines is 1. The Morgan fingerprint density at radius 1 is 1.30 bits per heavy atom. The second-order valence-corrected chi connectivity index (χ2v) is 10.5. The molecular weight excluding hydrogens is 458 g/mol. The third kappa shape index (κ3) is 5.46. The molecule has 1 unspecified atom stereocenters. The number of aliphatic hydroxyl groups is 1. The molecule has 3 aromatic rings. The van der Waals surface area contributed by atoms with Gasteiger partial charge in [-0.2, -0.15) is 0 Å².